The van der Waals surface area contributed by atoms with Crippen LogP contribution in [0.5, 0.6) is 0 Å². The molecule has 0 saturated heterocycles. The minimum atomic E-state index is -1.63. The maximum Gasteiger partial charge on any atom is 0.233 e. The number of nitrogens with zero attached hydrogens (tertiary/aromatic N) is 3. The number of fused-ring (bicyclic) bond motifs is 4. The molecule has 5 rings (SSSR count). The third-order valence-electron chi connectivity index (χ3n) is 7.56. The Balaban J connectivity index is 1.55. The topological polar surface area (TPSA) is 50.2 Å². The highest BCUT2D eigenvalue weighted by molar-refractivity contribution is 6.01. The van der Waals surface area contributed by atoms with Crippen molar-refractivity contribution in [1.82, 2.24) is 9.78 Å². The fourth-order valence-corrected chi connectivity index (χ4v) is 6.52. The van der Waals surface area contributed by atoms with Gasteiger partial charge < -0.3 is 10.2 Å². The molecule has 1 aromatic heterocycles. The van der Waals surface area contributed by atoms with Crippen LogP contribution in [0.15, 0.2) is 30.5 Å². The van der Waals surface area contributed by atoms with Crippen molar-refractivity contribution in [2.45, 2.75) is 70.3 Å². The number of rotatable bonds is 2. The molecule has 2 fully saturated rings. The van der Waals surface area contributed by atoms with Gasteiger partial charge in [-0.15, -0.1) is 0 Å². The van der Waals surface area contributed by atoms with Gasteiger partial charge in [0.05, 0.1) is 29.5 Å². The molecule has 2 aliphatic carbocycles. The Morgan fingerprint density at radius 3 is 2.74 bits per heavy atom. The van der Waals surface area contributed by atoms with Gasteiger partial charge in [-0.1, -0.05) is 19.1 Å². The van der Waals surface area contributed by atoms with Crippen LogP contribution in [0, 0.1) is 11.3 Å². The lowest BCUT2D eigenvalue weighted by Gasteiger charge is -2.53. The van der Waals surface area contributed by atoms with Crippen molar-refractivity contribution >= 4 is 23.1 Å². The Morgan fingerprint density at radius 2 is 2.00 bits per heavy atom. The van der Waals surface area contributed by atoms with Gasteiger partial charge in [-0.05, 0) is 57.1 Å². The molecule has 166 valence electrons. The van der Waals surface area contributed by atoms with Gasteiger partial charge in [0.15, 0.2) is 0 Å². The van der Waals surface area contributed by atoms with Crippen LogP contribution in [0.25, 0.3) is 0 Å². The van der Waals surface area contributed by atoms with Crippen LogP contribution in [-0.4, -0.2) is 27.0 Å². The molecule has 7 heteroatoms. The number of halogens is 2. The highest BCUT2D eigenvalue weighted by atomic mass is 19.2. The molecule has 1 aromatic carbocycles. The summed E-state index contributed by atoms with van der Waals surface area (Å²) in [6.07, 6.45) is 3.54. The zero-order chi connectivity index (χ0) is 22.0. The Morgan fingerprint density at radius 1 is 1.23 bits per heavy atom. The third kappa shape index (κ3) is 3.33. The van der Waals surface area contributed by atoms with E-state index in [1.54, 1.807) is 15.8 Å². The van der Waals surface area contributed by atoms with Crippen molar-refractivity contribution in [3.05, 3.63) is 36.0 Å². The van der Waals surface area contributed by atoms with Crippen LogP contribution in [0.2, 0.25) is 0 Å². The normalized spacial score (nSPS) is 34.4. The van der Waals surface area contributed by atoms with E-state index in [-0.39, 0.29) is 24.7 Å². The highest BCUT2D eigenvalue weighted by Crippen LogP contribution is 2.58. The van der Waals surface area contributed by atoms with E-state index in [0.717, 1.165) is 22.8 Å². The van der Waals surface area contributed by atoms with Crippen molar-refractivity contribution in [1.29, 1.82) is 0 Å². The van der Waals surface area contributed by atoms with Crippen molar-refractivity contribution in [3.8, 4) is 0 Å². The molecule has 4 atom stereocenters. The fraction of sp³-hybridized carbons (Fsp3) is 0.583. The molecular weight excluding hydrogens is 398 g/mol. The zero-order valence-corrected chi connectivity index (χ0v) is 18.4. The first-order valence-corrected chi connectivity index (χ1v) is 11.2. The van der Waals surface area contributed by atoms with Crippen LogP contribution in [0.4, 0.5) is 26.0 Å². The molecule has 2 aromatic rings. The molecule has 2 heterocycles. The Kier molecular flexibility index (Phi) is 4.47. The predicted octanol–water partition coefficient (Wildman–Crippen LogP) is 5.44. The summed E-state index contributed by atoms with van der Waals surface area (Å²) >= 11 is 0. The Bertz CT molecular complexity index is 1030. The monoisotopic (exact) mass is 428 g/mol. The van der Waals surface area contributed by atoms with Gasteiger partial charge in [0.1, 0.15) is 17.2 Å². The number of hydrogen-bond donors (Lipinski definition) is 1. The molecule has 4 unspecified atom stereocenters. The molecular formula is C24H30F2N4O. The lowest BCUT2D eigenvalue weighted by molar-refractivity contribution is -0.145. The van der Waals surface area contributed by atoms with E-state index in [0.29, 0.717) is 32.2 Å². The second-order valence-corrected chi connectivity index (χ2v) is 10.2. The number of alkyl halides is 2. The SMILES string of the molecule is CCC1(C(=O)N2Cc3cnn(C)c3Nc3ccccc32)CC2CC(C)(F)CC(F)(C2)C1. The molecule has 0 radical (unpaired) electrons. The second kappa shape index (κ2) is 6.78. The van der Waals surface area contributed by atoms with E-state index < -0.39 is 16.8 Å². The minimum Gasteiger partial charge on any atom is -0.338 e. The van der Waals surface area contributed by atoms with Gasteiger partial charge in [-0.2, -0.15) is 5.10 Å². The number of carbonyl (C=O) groups is 1. The van der Waals surface area contributed by atoms with Gasteiger partial charge in [-0.3, -0.25) is 9.48 Å². The van der Waals surface area contributed by atoms with E-state index >= 15 is 4.39 Å². The molecule has 1 aliphatic heterocycles. The average Bonchev–Trinajstić information content (AvgIpc) is 2.93. The number of hydrogen-bond acceptors (Lipinski definition) is 3. The Hall–Kier alpha value is -2.44. The summed E-state index contributed by atoms with van der Waals surface area (Å²) < 4.78 is 32.5. The van der Waals surface area contributed by atoms with E-state index in [1.165, 1.54) is 6.92 Å². The lowest BCUT2D eigenvalue weighted by atomic mass is 9.55. The largest absolute Gasteiger partial charge is 0.338 e. The number of benzene rings is 1. The smallest absolute Gasteiger partial charge is 0.233 e. The number of anilines is 3. The second-order valence-electron chi connectivity index (χ2n) is 10.2. The quantitative estimate of drug-likeness (QED) is 0.693. The number of aromatic nitrogens is 2. The maximum atomic E-state index is 15.9. The fourth-order valence-electron chi connectivity index (χ4n) is 6.52. The van der Waals surface area contributed by atoms with E-state index in [1.807, 2.05) is 38.2 Å². The van der Waals surface area contributed by atoms with Gasteiger partial charge in [-0.25, -0.2) is 8.78 Å². The van der Waals surface area contributed by atoms with Crippen LogP contribution in [0.3, 0.4) is 0 Å². The summed E-state index contributed by atoms with van der Waals surface area (Å²) in [6.45, 7) is 3.85. The van der Waals surface area contributed by atoms with Crippen LogP contribution < -0.4 is 10.2 Å². The molecule has 0 spiro atoms. The number of amides is 1. The van der Waals surface area contributed by atoms with Crippen LogP contribution in [-0.2, 0) is 18.4 Å². The molecule has 1 amide bonds. The van der Waals surface area contributed by atoms with Gasteiger partial charge >= 0.3 is 0 Å². The van der Waals surface area contributed by atoms with Gasteiger partial charge in [0.2, 0.25) is 5.91 Å². The summed E-state index contributed by atoms with van der Waals surface area (Å²) in [5.41, 5.74) is -1.42. The van der Waals surface area contributed by atoms with E-state index in [4.69, 9.17) is 0 Å². The molecule has 2 saturated carbocycles. The summed E-state index contributed by atoms with van der Waals surface area (Å²) in [6, 6.07) is 7.71. The van der Waals surface area contributed by atoms with Gasteiger partial charge in [0, 0.05) is 19.0 Å². The summed E-state index contributed by atoms with van der Waals surface area (Å²) in [5, 5.41) is 7.76. The summed E-state index contributed by atoms with van der Waals surface area (Å²) in [7, 11) is 1.86. The Labute approximate surface area is 181 Å². The molecule has 5 nitrogen and oxygen atoms in total. The summed E-state index contributed by atoms with van der Waals surface area (Å²) in [4.78, 5) is 16.0. The first-order chi connectivity index (χ1) is 14.6. The maximum absolute atomic E-state index is 15.9. The van der Waals surface area contributed by atoms with Crippen molar-refractivity contribution in [2.24, 2.45) is 18.4 Å². The average molecular weight is 429 g/mol. The van der Waals surface area contributed by atoms with E-state index in [9.17, 15) is 9.18 Å². The number of carbonyl (C=O) groups excluding carboxylic acids is 1. The highest BCUT2D eigenvalue weighted by Gasteiger charge is 2.58. The number of para-hydroxylation sites is 2. The van der Waals surface area contributed by atoms with Crippen molar-refractivity contribution in [2.75, 3.05) is 10.2 Å². The number of nitrogens with one attached hydrogen (secondary N) is 1. The van der Waals surface area contributed by atoms with Crippen LogP contribution >= 0.6 is 0 Å². The van der Waals surface area contributed by atoms with Gasteiger partial charge in [0.25, 0.3) is 0 Å². The molecule has 31 heavy (non-hydrogen) atoms. The first kappa shape index (κ1) is 20.5. The molecule has 2 bridgehead atoms. The van der Waals surface area contributed by atoms with Crippen molar-refractivity contribution in [3.63, 3.8) is 0 Å². The third-order valence-corrected chi connectivity index (χ3v) is 7.56. The molecule has 1 N–H and O–H groups in total. The first-order valence-electron chi connectivity index (χ1n) is 11.2. The standard InChI is InChI=1S/C24H30F2N4O/c1-4-23(10-16-9-22(2,25)14-24(26,11-16)15-23)21(31)30-13-17-12-27-29(3)20(17)28-18-7-5-6-8-19(18)30/h5-8,12,16,28H,4,9-11,13-15H2,1-3H3. The minimum absolute atomic E-state index is 0.0601. The molecule has 3 aliphatic rings. The van der Waals surface area contributed by atoms with E-state index in [2.05, 4.69) is 10.4 Å². The van der Waals surface area contributed by atoms with Crippen LogP contribution in [0.1, 0.15) is 57.9 Å². The predicted molar refractivity (Wildman–Crippen MR) is 117 cm³/mol. The zero-order valence-electron chi connectivity index (χ0n) is 18.4. The van der Waals surface area contributed by atoms with Crippen molar-refractivity contribution < 1.29 is 13.6 Å². The summed E-state index contributed by atoms with van der Waals surface area (Å²) in [5.74, 6) is 0.680. The number of aryl methyl sites for hydroxylation is 1. The lowest BCUT2D eigenvalue weighted by Crippen LogP contribution is -2.56.